The average Bonchev–Trinajstić information content (AvgIpc) is 3.16. The van der Waals surface area contributed by atoms with Gasteiger partial charge >= 0.3 is 0 Å². The van der Waals surface area contributed by atoms with Crippen LogP contribution in [-0.2, 0) is 10.0 Å². The summed E-state index contributed by atoms with van der Waals surface area (Å²) in [5.74, 6) is -0.570. The van der Waals surface area contributed by atoms with Gasteiger partial charge in [-0.3, -0.25) is 9.52 Å². The van der Waals surface area contributed by atoms with Gasteiger partial charge in [-0.1, -0.05) is 12.1 Å². The van der Waals surface area contributed by atoms with Crippen LogP contribution in [0, 0.1) is 6.92 Å². The van der Waals surface area contributed by atoms with E-state index in [0.717, 1.165) is 22.5 Å². The van der Waals surface area contributed by atoms with E-state index in [9.17, 15) is 13.2 Å². The Kier molecular flexibility index (Phi) is 5.12. The highest BCUT2D eigenvalue weighted by Crippen LogP contribution is 2.26. The largest absolute Gasteiger partial charge is 0.496 e. The molecule has 0 saturated heterocycles. The number of methoxy groups -OCH3 is 1. The lowest BCUT2D eigenvalue weighted by molar-refractivity contribution is 0.0997. The van der Waals surface area contributed by atoms with Gasteiger partial charge in [-0.2, -0.15) is 0 Å². The number of benzene rings is 2. The topological polar surface area (TPSA) is 116 Å². The first-order valence-corrected chi connectivity index (χ1v) is 10.8. The highest BCUT2D eigenvalue weighted by molar-refractivity contribution is 7.92. The number of imidazole rings is 1. The summed E-state index contributed by atoms with van der Waals surface area (Å²) in [6, 6.07) is 14.8. The Morgan fingerprint density at radius 3 is 2.52 bits per heavy atom. The van der Waals surface area contributed by atoms with E-state index >= 15 is 0 Å². The lowest BCUT2D eigenvalue weighted by Gasteiger charge is -2.11. The summed E-state index contributed by atoms with van der Waals surface area (Å²) in [7, 11) is -2.56. The van der Waals surface area contributed by atoms with Crippen LogP contribution in [0.3, 0.4) is 0 Å². The first kappa shape index (κ1) is 20.4. The van der Waals surface area contributed by atoms with Gasteiger partial charge in [0.15, 0.2) is 0 Å². The number of hydrogen-bond acceptors (Lipinski definition) is 5. The van der Waals surface area contributed by atoms with Crippen molar-refractivity contribution in [2.45, 2.75) is 11.8 Å². The van der Waals surface area contributed by atoms with Gasteiger partial charge < -0.3 is 14.9 Å². The number of primary amides is 1. The number of nitrogens with two attached hydrogens (primary N) is 1. The molecule has 2 aromatic carbocycles. The third-order valence-electron chi connectivity index (χ3n) is 4.80. The first-order valence-electron chi connectivity index (χ1n) is 9.33. The number of carbonyl (C=O) groups is 1. The van der Waals surface area contributed by atoms with Gasteiger partial charge in [-0.25, -0.2) is 13.4 Å². The first-order chi connectivity index (χ1) is 14.8. The van der Waals surface area contributed by atoms with E-state index in [2.05, 4.69) is 9.71 Å². The van der Waals surface area contributed by atoms with Gasteiger partial charge in [0.05, 0.1) is 23.3 Å². The van der Waals surface area contributed by atoms with Crippen molar-refractivity contribution in [1.82, 2.24) is 9.38 Å². The number of pyridine rings is 1. The van der Waals surface area contributed by atoms with E-state index in [0.29, 0.717) is 5.69 Å². The van der Waals surface area contributed by atoms with Gasteiger partial charge in [0.25, 0.3) is 15.9 Å². The van der Waals surface area contributed by atoms with Gasteiger partial charge in [0.1, 0.15) is 11.4 Å². The van der Waals surface area contributed by atoms with Crippen molar-refractivity contribution in [3.05, 3.63) is 78.1 Å². The summed E-state index contributed by atoms with van der Waals surface area (Å²) in [6.07, 6.45) is 3.86. The molecule has 0 atom stereocenters. The second kappa shape index (κ2) is 7.77. The Hall–Kier alpha value is -3.85. The molecule has 0 saturated carbocycles. The van der Waals surface area contributed by atoms with E-state index < -0.39 is 15.9 Å². The molecule has 2 heterocycles. The van der Waals surface area contributed by atoms with Crippen molar-refractivity contribution in [3.63, 3.8) is 0 Å². The second-order valence-corrected chi connectivity index (χ2v) is 8.69. The minimum absolute atomic E-state index is 0.0113. The summed E-state index contributed by atoms with van der Waals surface area (Å²) in [4.78, 5) is 16.1. The zero-order valence-electron chi connectivity index (χ0n) is 16.9. The van der Waals surface area contributed by atoms with Crippen molar-refractivity contribution in [2.24, 2.45) is 5.73 Å². The minimum Gasteiger partial charge on any atom is -0.496 e. The molecule has 0 fully saturated rings. The molecule has 4 rings (SSSR count). The maximum atomic E-state index is 12.8. The quantitative estimate of drug-likeness (QED) is 0.481. The smallest absolute Gasteiger partial charge is 0.261 e. The molecule has 0 unspecified atom stereocenters. The molecule has 1 amide bonds. The molecule has 158 valence electrons. The van der Waals surface area contributed by atoms with Crippen LogP contribution < -0.4 is 15.2 Å². The zero-order valence-corrected chi connectivity index (χ0v) is 17.7. The van der Waals surface area contributed by atoms with Gasteiger partial charge in [0, 0.05) is 23.6 Å². The fourth-order valence-electron chi connectivity index (χ4n) is 3.19. The van der Waals surface area contributed by atoms with E-state index in [1.165, 1.54) is 25.3 Å². The van der Waals surface area contributed by atoms with Crippen LogP contribution in [-0.4, -0.2) is 30.8 Å². The Morgan fingerprint density at radius 2 is 1.84 bits per heavy atom. The van der Waals surface area contributed by atoms with Crippen LogP contribution in [0.4, 0.5) is 5.69 Å². The number of carbonyl (C=O) groups excluding carboxylic acids is 1. The molecule has 4 aromatic rings. The Bertz CT molecular complexity index is 1390. The lowest BCUT2D eigenvalue weighted by atomic mass is 10.1. The van der Waals surface area contributed by atoms with Crippen molar-refractivity contribution in [1.29, 1.82) is 0 Å². The number of aromatic nitrogens is 2. The number of amides is 1. The SMILES string of the molecule is COc1ccc(S(=O)(=O)Nc2ccc(-c3cn4ccc(C)cc4n3)cc2)cc1C(N)=O. The molecule has 31 heavy (non-hydrogen) atoms. The zero-order chi connectivity index (χ0) is 22.2. The summed E-state index contributed by atoms with van der Waals surface area (Å²) in [5, 5.41) is 0. The molecule has 0 bridgehead atoms. The van der Waals surface area contributed by atoms with E-state index in [-0.39, 0.29) is 16.2 Å². The number of nitrogens with one attached hydrogen (secondary N) is 1. The molecular weight excluding hydrogens is 416 g/mol. The second-order valence-electron chi connectivity index (χ2n) is 7.00. The highest BCUT2D eigenvalue weighted by Gasteiger charge is 2.19. The predicted octanol–water partition coefficient (Wildman–Crippen LogP) is 3.22. The fraction of sp³-hybridized carbons (Fsp3) is 0.0909. The van der Waals surface area contributed by atoms with E-state index in [1.54, 1.807) is 24.3 Å². The maximum absolute atomic E-state index is 12.8. The normalized spacial score (nSPS) is 11.4. The van der Waals surface area contributed by atoms with Crippen LogP contribution in [0.5, 0.6) is 5.75 Å². The molecule has 0 aliphatic heterocycles. The fourth-order valence-corrected chi connectivity index (χ4v) is 4.28. The Labute approximate surface area is 179 Å². The van der Waals surface area contributed by atoms with Crippen LogP contribution in [0.15, 0.2) is 71.9 Å². The number of fused-ring (bicyclic) bond motifs is 1. The molecule has 2 aromatic heterocycles. The van der Waals surface area contributed by atoms with Crippen LogP contribution in [0.2, 0.25) is 0 Å². The van der Waals surface area contributed by atoms with Gasteiger partial charge in [-0.05, 0) is 55.0 Å². The van der Waals surface area contributed by atoms with E-state index in [4.69, 9.17) is 10.5 Å². The molecule has 0 aliphatic rings. The number of anilines is 1. The van der Waals surface area contributed by atoms with Crippen LogP contribution >= 0.6 is 0 Å². The van der Waals surface area contributed by atoms with Crippen molar-refractivity contribution in [2.75, 3.05) is 11.8 Å². The van der Waals surface area contributed by atoms with Gasteiger partial charge in [0.2, 0.25) is 0 Å². The monoisotopic (exact) mass is 436 g/mol. The van der Waals surface area contributed by atoms with Crippen LogP contribution in [0.1, 0.15) is 15.9 Å². The molecule has 3 N–H and O–H groups in total. The number of hydrogen-bond donors (Lipinski definition) is 2. The Balaban J connectivity index is 1.59. The number of nitrogens with zero attached hydrogens (tertiary/aromatic N) is 2. The number of ether oxygens (including phenoxy) is 1. The maximum Gasteiger partial charge on any atom is 0.261 e. The molecular formula is C22H20N4O4S. The molecule has 8 nitrogen and oxygen atoms in total. The molecule has 0 radical (unpaired) electrons. The van der Waals surface area contributed by atoms with E-state index in [1.807, 2.05) is 35.9 Å². The summed E-state index contributed by atoms with van der Waals surface area (Å²) < 4.78 is 35.0. The number of rotatable bonds is 6. The number of sulfonamides is 1. The van der Waals surface area contributed by atoms with Crippen molar-refractivity contribution in [3.8, 4) is 17.0 Å². The van der Waals surface area contributed by atoms with Crippen LogP contribution in [0.25, 0.3) is 16.9 Å². The van der Waals surface area contributed by atoms with Crippen molar-refractivity contribution >= 4 is 27.3 Å². The summed E-state index contributed by atoms with van der Waals surface area (Å²) in [6.45, 7) is 2.00. The molecule has 0 aliphatic carbocycles. The summed E-state index contributed by atoms with van der Waals surface area (Å²) in [5.41, 5.74) is 9.27. The van der Waals surface area contributed by atoms with Gasteiger partial charge in [-0.15, -0.1) is 0 Å². The molecule has 9 heteroatoms. The highest BCUT2D eigenvalue weighted by atomic mass is 32.2. The predicted molar refractivity (Wildman–Crippen MR) is 118 cm³/mol. The van der Waals surface area contributed by atoms with Crippen molar-refractivity contribution < 1.29 is 17.9 Å². The number of aryl methyl sites for hydroxylation is 1. The third kappa shape index (κ3) is 4.08. The average molecular weight is 436 g/mol. The summed E-state index contributed by atoms with van der Waals surface area (Å²) >= 11 is 0. The molecule has 0 spiro atoms. The Morgan fingerprint density at radius 1 is 1.10 bits per heavy atom. The minimum atomic E-state index is -3.93. The standard InChI is InChI=1S/C22H20N4O4S/c1-14-9-10-26-13-19(24-21(26)11-14)15-3-5-16(6-4-15)25-31(28,29)17-7-8-20(30-2)18(12-17)22(23)27/h3-13,25H,1-2H3,(H2,23,27). The lowest BCUT2D eigenvalue weighted by Crippen LogP contribution is -2.16. The third-order valence-corrected chi connectivity index (χ3v) is 6.17.